The van der Waals surface area contributed by atoms with E-state index in [2.05, 4.69) is 0 Å². The number of ether oxygens (including phenoxy) is 1. The quantitative estimate of drug-likeness (QED) is 0.397. The smallest absolute Gasteiger partial charge is 0.295 e. The third-order valence-electron chi connectivity index (χ3n) is 4.99. The van der Waals surface area contributed by atoms with Gasteiger partial charge in [0.05, 0.1) is 17.7 Å². The van der Waals surface area contributed by atoms with E-state index in [0.717, 1.165) is 0 Å². The van der Waals surface area contributed by atoms with Crippen molar-refractivity contribution in [2.24, 2.45) is 0 Å². The van der Waals surface area contributed by atoms with Gasteiger partial charge in [-0.15, -0.1) is 0 Å². The summed E-state index contributed by atoms with van der Waals surface area (Å²) in [6.07, 6.45) is 0.0179. The number of carbonyl (C=O) groups excluding carboxylic acids is 2. The number of Topliss-reactive ketones (excluding diaryl/α,β-unsaturated/α-hetero) is 1. The number of hydrogen-bond acceptors (Lipinski definition) is 5. The lowest BCUT2D eigenvalue weighted by molar-refractivity contribution is -0.140. The summed E-state index contributed by atoms with van der Waals surface area (Å²) >= 11 is 6.19. The van der Waals surface area contributed by atoms with Crippen LogP contribution in [0, 0.1) is 0 Å². The van der Waals surface area contributed by atoms with Crippen LogP contribution in [0.15, 0.2) is 54.1 Å². The molecule has 1 amide bonds. The molecule has 6 nitrogen and oxygen atoms in total. The zero-order chi connectivity index (χ0) is 22.7. The number of benzene rings is 2. The highest BCUT2D eigenvalue weighted by Gasteiger charge is 2.45. The second kappa shape index (κ2) is 9.54. The number of ketones is 1. The lowest BCUT2D eigenvalue weighted by Crippen LogP contribution is -2.35. The molecule has 0 radical (unpaired) electrons. The summed E-state index contributed by atoms with van der Waals surface area (Å²) in [6, 6.07) is 13.1. The minimum atomic E-state index is -0.717. The molecule has 2 aromatic rings. The van der Waals surface area contributed by atoms with E-state index in [9.17, 15) is 14.7 Å². The zero-order valence-electron chi connectivity index (χ0n) is 18.1. The fraction of sp³-hybridized carbons (Fsp3) is 0.333. The van der Waals surface area contributed by atoms with Crippen molar-refractivity contribution in [3.8, 4) is 5.75 Å². The maximum Gasteiger partial charge on any atom is 0.295 e. The van der Waals surface area contributed by atoms with Crippen LogP contribution in [0.2, 0.25) is 5.02 Å². The minimum Gasteiger partial charge on any atom is -0.507 e. The maximum atomic E-state index is 13.0. The minimum absolute atomic E-state index is 0.0179. The van der Waals surface area contributed by atoms with Crippen LogP contribution in [0.1, 0.15) is 31.0 Å². The van der Waals surface area contributed by atoms with Gasteiger partial charge in [-0.3, -0.25) is 9.59 Å². The topological polar surface area (TPSA) is 70.1 Å². The zero-order valence-corrected chi connectivity index (χ0v) is 18.9. The van der Waals surface area contributed by atoms with E-state index in [0.29, 0.717) is 35.0 Å². The Bertz CT molecular complexity index is 999. The first-order valence-electron chi connectivity index (χ1n) is 10.1. The van der Waals surface area contributed by atoms with Gasteiger partial charge in [0.2, 0.25) is 0 Å². The molecular weight excluding hydrogens is 416 g/mol. The molecule has 7 heteroatoms. The van der Waals surface area contributed by atoms with Gasteiger partial charge in [-0.05, 0) is 69.9 Å². The van der Waals surface area contributed by atoms with Gasteiger partial charge < -0.3 is 19.6 Å². The molecular formula is C24H27ClN2O4. The summed E-state index contributed by atoms with van der Waals surface area (Å²) in [5.74, 6) is -0.895. The Kier molecular flexibility index (Phi) is 7.03. The third-order valence-corrected chi connectivity index (χ3v) is 5.23. The standard InChI is InChI=1S/C24H27ClN2O4/c1-15(2)31-19-10-8-16(9-11-19)22(28)20-21(17-6-5-7-18(25)14-17)27(13-12-26(3)4)24(30)23(20)29/h5-11,14-15,21,28H,12-13H2,1-4H3. The molecule has 0 aliphatic carbocycles. The van der Waals surface area contributed by atoms with E-state index >= 15 is 0 Å². The maximum absolute atomic E-state index is 13.0. The van der Waals surface area contributed by atoms with Crippen molar-refractivity contribution in [1.82, 2.24) is 9.80 Å². The van der Waals surface area contributed by atoms with Crippen LogP contribution < -0.4 is 4.74 Å². The van der Waals surface area contributed by atoms with Crippen LogP contribution in [0.4, 0.5) is 0 Å². The molecule has 0 saturated carbocycles. The molecule has 1 aliphatic heterocycles. The molecule has 1 saturated heterocycles. The fourth-order valence-electron chi connectivity index (χ4n) is 3.56. The molecule has 0 bridgehead atoms. The Morgan fingerprint density at radius 1 is 1.16 bits per heavy atom. The summed E-state index contributed by atoms with van der Waals surface area (Å²) in [5, 5.41) is 11.6. The third kappa shape index (κ3) is 5.09. The largest absolute Gasteiger partial charge is 0.507 e. The second-order valence-corrected chi connectivity index (χ2v) is 8.48. The van der Waals surface area contributed by atoms with E-state index in [1.807, 2.05) is 32.8 Å². The van der Waals surface area contributed by atoms with Crippen molar-refractivity contribution >= 4 is 29.1 Å². The number of aliphatic hydroxyl groups excluding tert-OH is 1. The predicted octanol–water partition coefficient (Wildman–Crippen LogP) is 4.11. The molecule has 31 heavy (non-hydrogen) atoms. The normalized spacial score (nSPS) is 18.3. The average molecular weight is 443 g/mol. The number of likely N-dealkylation sites (N-methyl/N-ethyl adjacent to an activating group) is 1. The predicted molar refractivity (Wildman–Crippen MR) is 121 cm³/mol. The Morgan fingerprint density at radius 2 is 1.84 bits per heavy atom. The molecule has 164 valence electrons. The van der Waals surface area contributed by atoms with E-state index in [-0.39, 0.29) is 17.4 Å². The lowest BCUT2D eigenvalue weighted by atomic mass is 9.95. The molecule has 3 rings (SSSR count). The highest BCUT2D eigenvalue weighted by molar-refractivity contribution is 6.46. The van der Waals surface area contributed by atoms with E-state index in [1.54, 1.807) is 48.5 Å². The highest BCUT2D eigenvalue weighted by Crippen LogP contribution is 2.40. The number of rotatable bonds is 7. The average Bonchev–Trinajstić information content (AvgIpc) is 2.96. The van der Waals surface area contributed by atoms with Gasteiger partial charge in [-0.2, -0.15) is 0 Å². The van der Waals surface area contributed by atoms with Gasteiger partial charge >= 0.3 is 0 Å². The molecule has 0 aromatic heterocycles. The first-order valence-corrected chi connectivity index (χ1v) is 10.5. The van der Waals surface area contributed by atoms with Gasteiger partial charge in [0.15, 0.2) is 0 Å². The highest BCUT2D eigenvalue weighted by atomic mass is 35.5. The monoisotopic (exact) mass is 442 g/mol. The van der Waals surface area contributed by atoms with E-state index < -0.39 is 17.7 Å². The van der Waals surface area contributed by atoms with Crippen LogP contribution in [0.5, 0.6) is 5.75 Å². The summed E-state index contributed by atoms with van der Waals surface area (Å²) in [7, 11) is 3.79. The second-order valence-electron chi connectivity index (χ2n) is 8.04. The number of amides is 1. The van der Waals surface area contributed by atoms with Crippen LogP contribution in [-0.2, 0) is 9.59 Å². The fourth-order valence-corrected chi connectivity index (χ4v) is 3.76. The number of hydrogen-bond donors (Lipinski definition) is 1. The van der Waals surface area contributed by atoms with Crippen LogP contribution in [0.3, 0.4) is 0 Å². The van der Waals surface area contributed by atoms with E-state index in [4.69, 9.17) is 16.3 Å². The van der Waals surface area contributed by atoms with Crippen molar-refractivity contribution in [3.63, 3.8) is 0 Å². The van der Waals surface area contributed by atoms with Gasteiger partial charge in [0.25, 0.3) is 11.7 Å². The lowest BCUT2D eigenvalue weighted by Gasteiger charge is -2.26. The van der Waals surface area contributed by atoms with Crippen molar-refractivity contribution in [2.75, 3.05) is 27.2 Å². The van der Waals surface area contributed by atoms with Gasteiger partial charge in [0.1, 0.15) is 11.5 Å². The van der Waals surface area contributed by atoms with E-state index in [1.165, 1.54) is 4.90 Å². The summed E-state index contributed by atoms with van der Waals surface area (Å²) in [4.78, 5) is 29.3. The summed E-state index contributed by atoms with van der Waals surface area (Å²) < 4.78 is 5.64. The Balaban J connectivity index is 2.08. The summed E-state index contributed by atoms with van der Waals surface area (Å²) in [6.45, 7) is 4.76. The SMILES string of the molecule is CC(C)Oc1ccc(C(O)=C2C(=O)C(=O)N(CCN(C)C)C2c2cccc(Cl)c2)cc1. The van der Waals surface area contributed by atoms with Crippen molar-refractivity contribution < 1.29 is 19.4 Å². The number of halogens is 1. The molecule has 1 aliphatic rings. The first-order chi connectivity index (χ1) is 14.7. The molecule has 2 aromatic carbocycles. The molecule has 1 unspecified atom stereocenters. The first kappa shape index (κ1) is 22.8. The van der Waals surface area contributed by atoms with Crippen molar-refractivity contribution in [3.05, 3.63) is 70.3 Å². The number of likely N-dealkylation sites (tertiary alicyclic amines) is 1. The Hall–Kier alpha value is -2.83. The van der Waals surface area contributed by atoms with Crippen LogP contribution in [-0.4, -0.2) is 59.9 Å². The molecule has 1 N–H and O–H groups in total. The van der Waals surface area contributed by atoms with Crippen molar-refractivity contribution in [2.45, 2.75) is 26.0 Å². The molecule has 0 spiro atoms. The summed E-state index contributed by atoms with van der Waals surface area (Å²) in [5.41, 5.74) is 1.17. The van der Waals surface area contributed by atoms with Gasteiger partial charge in [0, 0.05) is 23.7 Å². The number of aliphatic hydroxyl groups is 1. The molecule has 1 atom stereocenters. The van der Waals surface area contributed by atoms with Crippen molar-refractivity contribution in [1.29, 1.82) is 0 Å². The molecule has 1 fully saturated rings. The van der Waals surface area contributed by atoms with Gasteiger partial charge in [-0.25, -0.2) is 0 Å². The Morgan fingerprint density at radius 3 is 2.42 bits per heavy atom. The molecule has 1 heterocycles. The van der Waals surface area contributed by atoms with Gasteiger partial charge in [-0.1, -0.05) is 23.7 Å². The van der Waals surface area contributed by atoms with Crippen LogP contribution >= 0.6 is 11.6 Å². The number of carbonyl (C=O) groups is 2. The number of nitrogens with zero attached hydrogens (tertiary/aromatic N) is 2. The van der Waals surface area contributed by atoms with Crippen LogP contribution in [0.25, 0.3) is 5.76 Å². The Labute approximate surface area is 187 Å².